The Bertz CT molecular complexity index is 1290. The van der Waals surface area contributed by atoms with Crippen LogP contribution in [0.5, 0.6) is 0 Å². The monoisotopic (exact) mass is 451 g/mol. The Morgan fingerprint density at radius 2 is 1.91 bits per heavy atom. The van der Waals surface area contributed by atoms with Gasteiger partial charge in [-0.2, -0.15) is 0 Å². The van der Waals surface area contributed by atoms with Gasteiger partial charge in [0.25, 0.3) is 11.5 Å². The molecular formula is C24H25N3O4S. The van der Waals surface area contributed by atoms with Gasteiger partial charge in [0.1, 0.15) is 10.8 Å². The van der Waals surface area contributed by atoms with Crippen LogP contribution in [0.25, 0.3) is 10.9 Å². The van der Waals surface area contributed by atoms with E-state index in [1.54, 1.807) is 22.8 Å². The summed E-state index contributed by atoms with van der Waals surface area (Å²) in [7, 11) is 1.36. The summed E-state index contributed by atoms with van der Waals surface area (Å²) in [6.45, 7) is 0.693. The third-order valence-electron chi connectivity index (χ3n) is 6.37. The Balaban J connectivity index is 1.50. The maximum atomic E-state index is 13.1. The number of aromatic nitrogens is 2. The first kappa shape index (κ1) is 20.9. The molecule has 166 valence electrons. The summed E-state index contributed by atoms with van der Waals surface area (Å²) in [5.74, 6) is 0.0413. The molecule has 0 saturated carbocycles. The van der Waals surface area contributed by atoms with Crippen LogP contribution in [-0.2, 0) is 30.5 Å². The molecule has 8 heteroatoms. The molecule has 3 heterocycles. The van der Waals surface area contributed by atoms with Crippen molar-refractivity contribution in [1.82, 2.24) is 9.55 Å². The highest BCUT2D eigenvalue weighted by molar-refractivity contribution is 7.17. The van der Waals surface area contributed by atoms with Gasteiger partial charge in [-0.1, -0.05) is 6.42 Å². The van der Waals surface area contributed by atoms with E-state index in [2.05, 4.69) is 5.32 Å². The van der Waals surface area contributed by atoms with Gasteiger partial charge in [0, 0.05) is 23.4 Å². The van der Waals surface area contributed by atoms with E-state index in [1.807, 2.05) is 0 Å². The number of anilines is 1. The van der Waals surface area contributed by atoms with Crippen molar-refractivity contribution in [2.24, 2.45) is 0 Å². The molecule has 0 fully saturated rings. The van der Waals surface area contributed by atoms with E-state index in [1.165, 1.54) is 18.4 Å². The number of rotatable bonds is 3. The van der Waals surface area contributed by atoms with Gasteiger partial charge in [-0.25, -0.2) is 9.78 Å². The van der Waals surface area contributed by atoms with Crippen molar-refractivity contribution >= 4 is 39.1 Å². The second-order valence-electron chi connectivity index (χ2n) is 8.39. The third kappa shape index (κ3) is 3.62. The standard InChI is InChI=1S/C24H25N3O4S/c1-31-24(30)20-16-7-4-5-8-18(16)32-22(20)26-21(28)14-10-11-15-17(13-14)25-19-9-3-2-6-12-27(19)23(15)29/h10-11,13H,2-9,12H2,1H3,(H,26,28). The van der Waals surface area contributed by atoms with E-state index >= 15 is 0 Å². The summed E-state index contributed by atoms with van der Waals surface area (Å²) >= 11 is 1.45. The molecule has 5 rings (SSSR count). The van der Waals surface area contributed by atoms with E-state index in [9.17, 15) is 14.4 Å². The SMILES string of the molecule is COC(=O)c1c(NC(=O)c2ccc3c(=O)n4c(nc3c2)CCCCC4)sc2c1CCCC2. The fourth-order valence-corrected chi connectivity index (χ4v) is 5.98. The molecule has 0 saturated heterocycles. The number of methoxy groups -OCH3 is 1. The lowest BCUT2D eigenvalue weighted by Gasteiger charge is -2.12. The van der Waals surface area contributed by atoms with Crippen LogP contribution in [0.1, 0.15) is 69.1 Å². The zero-order valence-corrected chi connectivity index (χ0v) is 18.8. The number of aryl methyl sites for hydroxylation is 2. The highest BCUT2D eigenvalue weighted by Gasteiger charge is 2.27. The van der Waals surface area contributed by atoms with Crippen LogP contribution >= 0.6 is 11.3 Å². The Hall–Kier alpha value is -3.00. The topological polar surface area (TPSA) is 90.3 Å². The minimum Gasteiger partial charge on any atom is -0.465 e. The summed E-state index contributed by atoms with van der Waals surface area (Å²) in [5.41, 5.74) is 2.37. The summed E-state index contributed by atoms with van der Waals surface area (Å²) in [6.07, 6.45) is 7.68. The zero-order valence-electron chi connectivity index (χ0n) is 18.0. The minimum atomic E-state index is -0.421. The Labute approximate surface area is 189 Å². The van der Waals surface area contributed by atoms with Crippen LogP contribution in [0.2, 0.25) is 0 Å². The van der Waals surface area contributed by atoms with E-state index in [0.29, 0.717) is 33.6 Å². The molecule has 2 aliphatic rings. The van der Waals surface area contributed by atoms with Gasteiger partial charge < -0.3 is 10.1 Å². The molecule has 1 aliphatic heterocycles. The molecule has 2 aromatic heterocycles. The number of carbonyl (C=O) groups is 2. The van der Waals surface area contributed by atoms with Crippen LogP contribution in [0.3, 0.4) is 0 Å². The molecule has 0 radical (unpaired) electrons. The first-order chi connectivity index (χ1) is 15.6. The number of amides is 1. The summed E-state index contributed by atoms with van der Waals surface area (Å²) < 4.78 is 6.76. The van der Waals surface area contributed by atoms with Gasteiger partial charge in [0.2, 0.25) is 0 Å². The van der Waals surface area contributed by atoms with E-state index in [4.69, 9.17) is 9.72 Å². The average molecular weight is 452 g/mol. The Morgan fingerprint density at radius 3 is 2.75 bits per heavy atom. The molecule has 3 aromatic rings. The Kier molecular flexibility index (Phi) is 5.55. The normalized spacial score (nSPS) is 15.5. The van der Waals surface area contributed by atoms with Crippen molar-refractivity contribution in [3.63, 3.8) is 0 Å². The molecule has 0 spiro atoms. The van der Waals surface area contributed by atoms with Gasteiger partial charge in [0.15, 0.2) is 0 Å². The zero-order chi connectivity index (χ0) is 22.2. The van der Waals surface area contributed by atoms with Crippen LogP contribution in [0.15, 0.2) is 23.0 Å². The first-order valence-corrected chi connectivity index (χ1v) is 12.0. The van der Waals surface area contributed by atoms with Crippen molar-refractivity contribution in [2.75, 3.05) is 12.4 Å². The lowest BCUT2D eigenvalue weighted by atomic mass is 9.95. The molecular weight excluding hydrogens is 426 g/mol. The van der Waals surface area contributed by atoms with Crippen LogP contribution in [0.4, 0.5) is 5.00 Å². The smallest absolute Gasteiger partial charge is 0.341 e. The number of fused-ring (bicyclic) bond motifs is 3. The van der Waals surface area contributed by atoms with Gasteiger partial charge in [-0.15, -0.1) is 11.3 Å². The van der Waals surface area contributed by atoms with Gasteiger partial charge in [0.05, 0.1) is 23.6 Å². The number of esters is 1. The van der Waals surface area contributed by atoms with Gasteiger partial charge in [-0.05, 0) is 62.3 Å². The molecule has 0 unspecified atom stereocenters. The van der Waals surface area contributed by atoms with Gasteiger partial charge >= 0.3 is 5.97 Å². The van der Waals surface area contributed by atoms with Crippen LogP contribution < -0.4 is 10.9 Å². The first-order valence-electron chi connectivity index (χ1n) is 11.1. The fourth-order valence-electron chi connectivity index (χ4n) is 4.71. The highest BCUT2D eigenvalue weighted by Crippen LogP contribution is 2.38. The number of benzene rings is 1. The molecule has 1 aliphatic carbocycles. The van der Waals surface area contributed by atoms with Crippen molar-refractivity contribution < 1.29 is 14.3 Å². The highest BCUT2D eigenvalue weighted by atomic mass is 32.1. The lowest BCUT2D eigenvalue weighted by molar-refractivity contribution is 0.0601. The predicted molar refractivity (Wildman–Crippen MR) is 124 cm³/mol. The van der Waals surface area contributed by atoms with Crippen molar-refractivity contribution in [3.8, 4) is 0 Å². The molecule has 1 aromatic carbocycles. The quantitative estimate of drug-likeness (QED) is 0.606. The Morgan fingerprint density at radius 1 is 1.09 bits per heavy atom. The number of ether oxygens (including phenoxy) is 1. The summed E-state index contributed by atoms with van der Waals surface area (Å²) in [5, 5.41) is 3.97. The summed E-state index contributed by atoms with van der Waals surface area (Å²) in [4.78, 5) is 44.3. The van der Waals surface area contributed by atoms with E-state index in [0.717, 1.165) is 67.6 Å². The van der Waals surface area contributed by atoms with E-state index < -0.39 is 5.97 Å². The van der Waals surface area contributed by atoms with Crippen LogP contribution in [-0.4, -0.2) is 28.5 Å². The van der Waals surface area contributed by atoms with E-state index in [-0.39, 0.29) is 11.5 Å². The number of nitrogens with one attached hydrogen (secondary N) is 1. The number of hydrogen-bond donors (Lipinski definition) is 1. The number of carbonyl (C=O) groups excluding carboxylic acids is 2. The second-order valence-corrected chi connectivity index (χ2v) is 9.49. The molecule has 1 amide bonds. The third-order valence-corrected chi connectivity index (χ3v) is 7.57. The molecule has 0 bridgehead atoms. The maximum absolute atomic E-state index is 13.1. The van der Waals surface area contributed by atoms with Crippen molar-refractivity contribution in [1.29, 1.82) is 0 Å². The molecule has 7 nitrogen and oxygen atoms in total. The van der Waals surface area contributed by atoms with Crippen molar-refractivity contribution in [3.05, 3.63) is 55.9 Å². The van der Waals surface area contributed by atoms with Crippen molar-refractivity contribution in [2.45, 2.75) is 57.9 Å². The molecule has 1 N–H and O–H groups in total. The summed E-state index contributed by atoms with van der Waals surface area (Å²) in [6, 6.07) is 5.00. The largest absolute Gasteiger partial charge is 0.465 e. The average Bonchev–Trinajstić information content (AvgIpc) is 2.99. The van der Waals surface area contributed by atoms with Gasteiger partial charge in [-0.3, -0.25) is 14.2 Å². The number of hydrogen-bond acceptors (Lipinski definition) is 6. The van der Waals surface area contributed by atoms with Crippen LogP contribution in [0, 0.1) is 0 Å². The lowest BCUT2D eigenvalue weighted by Crippen LogP contribution is -2.24. The fraction of sp³-hybridized carbons (Fsp3) is 0.417. The predicted octanol–water partition coefficient (Wildman–Crippen LogP) is 4.10. The molecule has 32 heavy (non-hydrogen) atoms. The minimum absolute atomic E-state index is 0.0437. The second kappa shape index (κ2) is 8.50. The number of nitrogens with zero attached hydrogens (tertiary/aromatic N) is 2. The maximum Gasteiger partial charge on any atom is 0.341 e. The number of thiophene rings is 1. The molecule has 0 atom stereocenters.